The molecule has 0 radical (unpaired) electrons. The summed E-state index contributed by atoms with van der Waals surface area (Å²) in [5, 5.41) is 11.2. The molecule has 2 aliphatic heterocycles. The monoisotopic (exact) mass is 455 g/mol. The van der Waals surface area contributed by atoms with Crippen molar-refractivity contribution in [2.24, 2.45) is 0 Å². The first kappa shape index (κ1) is 23.4. The lowest BCUT2D eigenvalue weighted by Crippen LogP contribution is -2.54. The highest BCUT2D eigenvalue weighted by Gasteiger charge is 2.34. The summed E-state index contributed by atoms with van der Waals surface area (Å²) >= 11 is 0. The number of nitrogens with zero attached hydrogens (tertiary/aromatic N) is 5. The van der Waals surface area contributed by atoms with Gasteiger partial charge in [0, 0.05) is 51.7 Å². The van der Waals surface area contributed by atoms with Crippen LogP contribution in [-0.4, -0.2) is 96.0 Å². The predicted molar refractivity (Wildman–Crippen MR) is 124 cm³/mol. The fourth-order valence-corrected chi connectivity index (χ4v) is 4.50. The van der Waals surface area contributed by atoms with Gasteiger partial charge in [-0.2, -0.15) is 0 Å². The number of hydrogen-bond donors (Lipinski definition) is 1. The second-order valence-corrected chi connectivity index (χ2v) is 8.91. The number of amides is 1. The zero-order valence-electron chi connectivity index (χ0n) is 19.2. The molecule has 1 atom stereocenters. The molecule has 2 aromatic rings. The van der Waals surface area contributed by atoms with Crippen LogP contribution in [-0.2, 0) is 16.1 Å². The molecule has 1 amide bonds. The van der Waals surface area contributed by atoms with E-state index in [-0.39, 0.29) is 12.5 Å². The van der Waals surface area contributed by atoms with Crippen molar-refractivity contribution in [3.63, 3.8) is 0 Å². The van der Waals surface area contributed by atoms with Gasteiger partial charge in [0.05, 0.1) is 25.0 Å². The zero-order valence-corrected chi connectivity index (χ0v) is 19.2. The molecule has 2 fully saturated rings. The van der Waals surface area contributed by atoms with E-state index in [1.165, 1.54) is 0 Å². The Bertz CT molecular complexity index is 891. The molecule has 0 saturated carbocycles. The van der Waals surface area contributed by atoms with Gasteiger partial charge in [0.25, 0.3) is 5.91 Å². The van der Waals surface area contributed by atoms with Crippen LogP contribution < -0.4 is 9.64 Å². The Morgan fingerprint density at radius 2 is 2.00 bits per heavy atom. The minimum atomic E-state index is -0.798. The van der Waals surface area contributed by atoms with Crippen LogP contribution in [0.25, 0.3) is 0 Å². The lowest BCUT2D eigenvalue weighted by Gasteiger charge is -2.41. The van der Waals surface area contributed by atoms with E-state index in [9.17, 15) is 9.90 Å². The van der Waals surface area contributed by atoms with Crippen molar-refractivity contribution in [2.75, 3.05) is 64.5 Å². The Kier molecular flexibility index (Phi) is 7.74. The lowest BCUT2D eigenvalue weighted by atomic mass is 9.92. The zero-order chi connectivity index (χ0) is 23.1. The Morgan fingerprint density at radius 3 is 2.73 bits per heavy atom. The first-order valence-electron chi connectivity index (χ1n) is 11.5. The summed E-state index contributed by atoms with van der Waals surface area (Å²) in [5.74, 6) is 1.47. The second kappa shape index (κ2) is 10.9. The maximum absolute atomic E-state index is 12.2. The number of ether oxygens (including phenoxy) is 2. The maximum atomic E-state index is 12.2. The summed E-state index contributed by atoms with van der Waals surface area (Å²) in [7, 11) is 2.02. The third kappa shape index (κ3) is 6.63. The topological polar surface area (TPSA) is 91.3 Å². The number of aliphatic hydroxyl groups is 1. The molecule has 3 heterocycles. The van der Waals surface area contributed by atoms with Crippen LogP contribution in [0.2, 0.25) is 0 Å². The SMILES string of the molecule is CN(Cc1ccc(OCC(=O)N2CCOCC2)cc1)C[C@@]1(O)CCCN(c2cnccn2)C1. The van der Waals surface area contributed by atoms with Crippen molar-refractivity contribution in [1.82, 2.24) is 19.8 Å². The predicted octanol–water partition coefficient (Wildman–Crippen LogP) is 1.18. The van der Waals surface area contributed by atoms with Gasteiger partial charge in [0.2, 0.25) is 0 Å². The third-order valence-corrected chi connectivity index (χ3v) is 6.10. The van der Waals surface area contributed by atoms with Crippen molar-refractivity contribution in [2.45, 2.75) is 25.0 Å². The van der Waals surface area contributed by atoms with Crippen molar-refractivity contribution >= 4 is 11.7 Å². The number of likely N-dealkylation sites (N-methyl/N-ethyl adjacent to an activating group) is 1. The molecule has 9 heteroatoms. The molecule has 2 aliphatic rings. The minimum absolute atomic E-state index is 0.0154. The van der Waals surface area contributed by atoms with E-state index < -0.39 is 5.60 Å². The average Bonchev–Trinajstić information content (AvgIpc) is 2.84. The molecule has 0 aliphatic carbocycles. The first-order chi connectivity index (χ1) is 16.0. The van der Waals surface area contributed by atoms with Crippen LogP contribution >= 0.6 is 0 Å². The van der Waals surface area contributed by atoms with Crippen LogP contribution in [0.3, 0.4) is 0 Å². The normalized spacial score (nSPS) is 21.3. The molecular formula is C24H33N5O4. The lowest BCUT2D eigenvalue weighted by molar-refractivity contribution is -0.137. The molecule has 0 unspecified atom stereocenters. The average molecular weight is 456 g/mol. The van der Waals surface area contributed by atoms with Gasteiger partial charge in [-0.25, -0.2) is 4.98 Å². The highest BCUT2D eigenvalue weighted by molar-refractivity contribution is 5.77. The van der Waals surface area contributed by atoms with E-state index in [4.69, 9.17) is 9.47 Å². The summed E-state index contributed by atoms with van der Waals surface area (Å²) < 4.78 is 10.9. The molecule has 1 aromatic heterocycles. The number of β-amino-alcohol motifs (C(OH)–C–C–N with tert-alkyl or cyclic N) is 1. The van der Waals surface area contributed by atoms with E-state index in [0.29, 0.717) is 51.7 Å². The number of rotatable bonds is 8. The van der Waals surface area contributed by atoms with E-state index in [2.05, 4.69) is 19.8 Å². The van der Waals surface area contributed by atoms with Gasteiger partial charge in [0.1, 0.15) is 11.6 Å². The maximum Gasteiger partial charge on any atom is 0.260 e. The van der Waals surface area contributed by atoms with Crippen molar-refractivity contribution in [3.05, 3.63) is 48.4 Å². The van der Waals surface area contributed by atoms with Crippen molar-refractivity contribution in [1.29, 1.82) is 0 Å². The number of anilines is 1. The van der Waals surface area contributed by atoms with Gasteiger partial charge in [-0.1, -0.05) is 12.1 Å². The summed E-state index contributed by atoms with van der Waals surface area (Å²) in [6, 6.07) is 7.78. The van der Waals surface area contributed by atoms with Gasteiger partial charge >= 0.3 is 0 Å². The van der Waals surface area contributed by atoms with Gasteiger partial charge in [-0.05, 0) is 37.6 Å². The Balaban J connectivity index is 1.25. The summed E-state index contributed by atoms with van der Waals surface area (Å²) in [5.41, 5.74) is 0.322. The molecule has 0 spiro atoms. The summed E-state index contributed by atoms with van der Waals surface area (Å²) in [4.78, 5) is 26.8. The Hall–Kier alpha value is -2.75. The highest BCUT2D eigenvalue weighted by Crippen LogP contribution is 2.25. The number of morpholine rings is 1. The highest BCUT2D eigenvalue weighted by atomic mass is 16.5. The number of benzene rings is 1. The third-order valence-electron chi connectivity index (χ3n) is 6.10. The van der Waals surface area contributed by atoms with Crippen molar-refractivity contribution < 1.29 is 19.4 Å². The van der Waals surface area contributed by atoms with Crippen LogP contribution in [0.4, 0.5) is 5.82 Å². The van der Waals surface area contributed by atoms with Crippen molar-refractivity contribution in [3.8, 4) is 5.75 Å². The fourth-order valence-electron chi connectivity index (χ4n) is 4.50. The Morgan fingerprint density at radius 1 is 1.21 bits per heavy atom. The van der Waals surface area contributed by atoms with E-state index in [1.807, 2.05) is 31.3 Å². The molecule has 1 N–H and O–H groups in total. The van der Waals surface area contributed by atoms with E-state index in [1.54, 1.807) is 23.5 Å². The molecule has 4 rings (SSSR count). The minimum Gasteiger partial charge on any atom is -0.484 e. The van der Waals surface area contributed by atoms with Gasteiger partial charge in [-0.15, -0.1) is 0 Å². The molecule has 2 saturated heterocycles. The van der Waals surface area contributed by atoms with Crippen LogP contribution in [0.1, 0.15) is 18.4 Å². The number of aromatic nitrogens is 2. The largest absolute Gasteiger partial charge is 0.484 e. The van der Waals surface area contributed by atoms with Gasteiger partial charge in [-0.3, -0.25) is 14.7 Å². The van der Waals surface area contributed by atoms with Gasteiger partial charge < -0.3 is 24.4 Å². The number of piperidine rings is 1. The standard InChI is InChI=1S/C24H33N5O4/c1-27(18-24(31)7-2-10-29(19-24)22-15-25-8-9-26-22)16-20-3-5-21(6-4-20)33-17-23(30)28-11-13-32-14-12-28/h3-6,8-9,15,31H,2,7,10-14,16-19H2,1H3/t24-/m0/s1. The Labute approximate surface area is 194 Å². The number of hydrogen-bond acceptors (Lipinski definition) is 8. The number of carbonyl (C=O) groups excluding carboxylic acids is 1. The number of carbonyl (C=O) groups is 1. The molecule has 33 heavy (non-hydrogen) atoms. The van der Waals surface area contributed by atoms with Crippen LogP contribution in [0, 0.1) is 0 Å². The van der Waals surface area contributed by atoms with E-state index >= 15 is 0 Å². The fraction of sp³-hybridized carbons (Fsp3) is 0.542. The van der Waals surface area contributed by atoms with Crippen LogP contribution in [0.5, 0.6) is 5.75 Å². The molecule has 1 aromatic carbocycles. The molecule has 178 valence electrons. The molecular weight excluding hydrogens is 422 g/mol. The quantitative estimate of drug-likeness (QED) is 0.635. The van der Waals surface area contributed by atoms with Crippen LogP contribution in [0.15, 0.2) is 42.9 Å². The molecule has 9 nitrogen and oxygen atoms in total. The smallest absolute Gasteiger partial charge is 0.260 e. The second-order valence-electron chi connectivity index (χ2n) is 8.91. The van der Waals surface area contributed by atoms with Gasteiger partial charge in [0.15, 0.2) is 6.61 Å². The molecule has 0 bridgehead atoms. The summed E-state index contributed by atoms with van der Waals surface area (Å²) in [6.45, 7) is 5.14. The van der Waals surface area contributed by atoms with E-state index in [0.717, 1.165) is 30.8 Å². The first-order valence-corrected chi connectivity index (χ1v) is 11.5. The summed E-state index contributed by atoms with van der Waals surface area (Å²) in [6.07, 6.45) is 6.76.